The van der Waals surface area contributed by atoms with Gasteiger partial charge in [-0.15, -0.1) is 0 Å². The monoisotopic (exact) mass is 594 g/mol. The number of amides is 1. The number of hydrogen-bond donors (Lipinski definition) is 1. The molecule has 2 aliphatic rings. The number of nitrogens with one attached hydrogen (secondary N) is 1. The van der Waals surface area contributed by atoms with Crippen molar-refractivity contribution < 1.29 is 18.0 Å². The van der Waals surface area contributed by atoms with Gasteiger partial charge in [0.2, 0.25) is 5.91 Å². The van der Waals surface area contributed by atoms with Crippen LogP contribution in [0.4, 0.5) is 24.5 Å². The Morgan fingerprint density at radius 2 is 1.74 bits per heavy atom. The molecule has 1 saturated heterocycles. The Bertz CT molecular complexity index is 1450. The van der Waals surface area contributed by atoms with E-state index in [9.17, 15) is 18.0 Å². The van der Waals surface area contributed by atoms with Gasteiger partial charge in [0.15, 0.2) is 5.69 Å². The van der Waals surface area contributed by atoms with E-state index in [1.54, 1.807) is 6.07 Å². The molecule has 0 aromatic heterocycles. The Labute approximate surface area is 250 Å². The highest BCUT2D eigenvalue weighted by Crippen LogP contribution is 2.41. The van der Waals surface area contributed by atoms with E-state index in [-0.39, 0.29) is 12.2 Å². The van der Waals surface area contributed by atoms with E-state index in [2.05, 4.69) is 39.3 Å². The van der Waals surface area contributed by atoms with Crippen molar-refractivity contribution in [3.8, 4) is 11.1 Å². The zero-order valence-corrected chi connectivity index (χ0v) is 24.3. The van der Waals surface area contributed by atoms with Crippen molar-refractivity contribution in [2.24, 2.45) is 0 Å². The normalized spacial score (nSPS) is 17.7. The molecule has 3 aromatic carbocycles. The van der Waals surface area contributed by atoms with Crippen molar-refractivity contribution in [3.63, 3.8) is 0 Å². The first-order chi connectivity index (χ1) is 20.1. The Morgan fingerprint density at radius 1 is 1.05 bits per heavy atom. The van der Waals surface area contributed by atoms with Crippen molar-refractivity contribution >= 4 is 28.9 Å². The first-order valence-electron chi connectivity index (χ1n) is 14.3. The Balaban J connectivity index is 1.37. The quantitative estimate of drug-likeness (QED) is 0.279. The summed E-state index contributed by atoms with van der Waals surface area (Å²) in [6, 6.07) is 19.9. The highest BCUT2D eigenvalue weighted by Gasteiger charge is 2.42. The number of carbonyl (C=O) groups excluding carboxylic acids is 1. The van der Waals surface area contributed by atoms with Crippen molar-refractivity contribution in [2.75, 3.05) is 32.0 Å². The van der Waals surface area contributed by atoms with E-state index in [0.717, 1.165) is 54.8 Å². The number of alkyl halides is 3. The molecule has 5 rings (SSSR count). The highest BCUT2D eigenvalue weighted by molar-refractivity contribution is 6.31. The molecule has 0 bridgehead atoms. The van der Waals surface area contributed by atoms with E-state index >= 15 is 0 Å². The van der Waals surface area contributed by atoms with Crippen LogP contribution in [-0.2, 0) is 16.5 Å². The molecular weight excluding hydrogens is 561 g/mol. The summed E-state index contributed by atoms with van der Waals surface area (Å²) in [4.78, 5) is 21.3. The summed E-state index contributed by atoms with van der Waals surface area (Å²) in [5, 5.41) is 2.23. The lowest BCUT2D eigenvalue weighted by Crippen LogP contribution is -2.54. The number of piperidine rings is 1. The van der Waals surface area contributed by atoms with Crippen LogP contribution in [0.15, 0.2) is 66.7 Å². The fraction of sp³-hybridized carbons (Fsp3) is 0.394. The summed E-state index contributed by atoms with van der Waals surface area (Å²) >= 11 is 5.76. The van der Waals surface area contributed by atoms with E-state index in [1.165, 1.54) is 31.7 Å². The van der Waals surface area contributed by atoms with Crippen LogP contribution in [0, 0.1) is 6.57 Å². The molecule has 0 spiro atoms. The van der Waals surface area contributed by atoms with Crippen LogP contribution < -0.4 is 5.32 Å². The first kappa shape index (κ1) is 30.1. The molecule has 0 unspecified atom stereocenters. The molecule has 0 radical (unpaired) electrons. The molecule has 1 amide bonds. The standard InChI is InChI=1S/C33H34ClF3N4O/c1-38-26-7-5-6-24(20-26)23-10-12-25(13-11-23)32(16-18-41(19-17-32)28-8-3-4-9-28)40(2)22-31(42)39-27-14-15-30(34)29(21-27)33(35,36)37/h5-7,10-15,20-21,28H,3-4,8-9,16-19,22H2,2H3,(H,39,42). The predicted molar refractivity (Wildman–Crippen MR) is 161 cm³/mol. The fourth-order valence-electron chi connectivity index (χ4n) is 6.53. The maximum atomic E-state index is 13.4. The Kier molecular flexibility index (Phi) is 8.93. The van der Waals surface area contributed by atoms with Gasteiger partial charge in [-0.25, -0.2) is 4.85 Å². The summed E-state index contributed by atoms with van der Waals surface area (Å²) in [5.74, 6) is -0.391. The molecule has 2 fully saturated rings. The maximum Gasteiger partial charge on any atom is 0.417 e. The highest BCUT2D eigenvalue weighted by atomic mass is 35.5. The molecular formula is C33H34ClF3N4O. The number of rotatable bonds is 7. The van der Waals surface area contributed by atoms with Crippen molar-refractivity contribution in [1.82, 2.24) is 9.80 Å². The lowest BCUT2D eigenvalue weighted by Gasteiger charge is -2.49. The van der Waals surface area contributed by atoms with E-state index in [0.29, 0.717) is 11.7 Å². The van der Waals surface area contributed by atoms with Crippen LogP contribution in [0.2, 0.25) is 5.02 Å². The molecule has 1 aliphatic carbocycles. The van der Waals surface area contributed by atoms with Gasteiger partial charge in [0, 0.05) is 30.4 Å². The zero-order chi connectivity index (χ0) is 29.9. The van der Waals surface area contributed by atoms with Gasteiger partial charge < -0.3 is 10.2 Å². The van der Waals surface area contributed by atoms with Gasteiger partial charge in [0.1, 0.15) is 0 Å². The Hall–Kier alpha value is -3.38. The number of halogens is 4. The van der Waals surface area contributed by atoms with Gasteiger partial charge in [-0.1, -0.05) is 66.9 Å². The second-order valence-electron chi connectivity index (χ2n) is 11.3. The summed E-state index contributed by atoms with van der Waals surface area (Å²) < 4.78 is 40.1. The lowest BCUT2D eigenvalue weighted by atomic mass is 9.78. The van der Waals surface area contributed by atoms with Gasteiger partial charge in [-0.05, 0) is 73.7 Å². The van der Waals surface area contributed by atoms with Crippen LogP contribution in [0.5, 0.6) is 0 Å². The minimum absolute atomic E-state index is 0.0161. The van der Waals surface area contributed by atoms with Crippen LogP contribution in [0.1, 0.15) is 49.7 Å². The number of likely N-dealkylation sites (N-methyl/N-ethyl adjacent to an activating group) is 1. The van der Waals surface area contributed by atoms with Gasteiger partial charge in [0.25, 0.3) is 0 Å². The lowest BCUT2D eigenvalue weighted by molar-refractivity contribution is -0.137. The molecule has 220 valence electrons. The number of carbonyl (C=O) groups is 1. The van der Waals surface area contributed by atoms with Crippen molar-refractivity contribution in [1.29, 1.82) is 0 Å². The third-order valence-corrected chi connectivity index (χ3v) is 9.19. The minimum Gasteiger partial charge on any atom is -0.325 e. The molecule has 5 nitrogen and oxygen atoms in total. The molecule has 0 atom stereocenters. The van der Waals surface area contributed by atoms with E-state index in [4.69, 9.17) is 18.2 Å². The van der Waals surface area contributed by atoms with Crippen LogP contribution >= 0.6 is 11.6 Å². The second-order valence-corrected chi connectivity index (χ2v) is 11.7. The van der Waals surface area contributed by atoms with Gasteiger partial charge in [-0.2, -0.15) is 13.2 Å². The fourth-order valence-corrected chi connectivity index (χ4v) is 6.76. The molecule has 42 heavy (non-hydrogen) atoms. The second kappa shape index (κ2) is 12.5. The van der Waals surface area contributed by atoms with Crippen LogP contribution in [-0.4, -0.2) is 48.4 Å². The number of anilines is 1. The Morgan fingerprint density at radius 3 is 2.38 bits per heavy atom. The molecule has 9 heteroatoms. The van der Waals surface area contributed by atoms with Crippen LogP contribution in [0.25, 0.3) is 16.0 Å². The summed E-state index contributed by atoms with van der Waals surface area (Å²) in [6.45, 7) is 9.17. The third-order valence-electron chi connectivity index (χ3n) is 8.86. The van der Waals surface area contributed by atoms with Gasteiger partial charge in [0.05, 0.1) is 23.7 Å². The topological polar surface area (TPSA) is 39.9 Å². The van der Waals surface area contributed by atoms with Crippen molar-refractivity contribution in [2.45, 2.75) is 56.3 Å². The molecule has 1 aliphatic heterocycles. The van der Waals surface area contributed by atoms with Gasteiger partial charge in [-0.3, -0.25) is 9.69 Å². The van der Waals surface area contributed by atoms with Gasteiger partial charge >= 0.3 is 6.18 Å². The first-order valence-corrected chi connectivity index (χ1v) is 14.7. The third kappa shape index (κ3) is 6.49. The summed E-state index contributed by atoms with van der Waals surface area (Å²) in [7, 11) is 1.92. The number of nitrogens with zero attached hydrogens (tertiary/aromatic N) is 3. The van der Waals surface area contributed by atoms with E-state index in [1.807, 2.05) is 30.1 Å². The smallest absolute Gasteiger partial charge is 0.325 e. The average molecular weight is 595 g/mol. The average Bonchev–Trinajstić information content (AvgIpc) is 3.53. The number of hydrogen-bond acceptors (Lipinski definition) is 3. The molecule has 3 aromatic rings. The summed E-state index contributed by atoms with van der Waals surface area (Å²) in [6.07, 6.45) is 2.04. The number of benzene rings is 3. The van der Waals surface area contributed by atoms with E-state index < -0.39 is 28.2 Å². The molecule has 1 N–H and O–H groups in total. The van der Waals surface area contributed by atoms with Crippen LogP contribution in [0.3, 0.4) is 0 Å². The van der Waals surface area contributed by atoms with Crippen molar-refractivity contribution in [3.05, 3.63) is 94.3 Å². The zero-order valence-electron chi connectivity index (χ0n) is 23.6. The largest absolute Gasteiger partial charge is 0.417 e. The SMILES string of the molecule is [C-]#[N+]c1cccc(-c2ccc(C3(N(C)CC(=O)Nc4ccc(Cl)c(C(F)(F)F)c4)CCN(C4CCCC4)CC3)cc2)c1. The maximum absolute atomic E-state index is 13.4. The molecule has 1 heterocycles. The summed E-state index contributed by atoms with van der Waals surface area (Å²) in [5.41, 5.74) is 2.32. The predicted octanol–water partition coefficient (Wildman–Crippen LogP) is 8.38. The number of likely N-dealkylation sites (tertiary alicyclic amines) is 1. The minimum atomic E-state index is -4.62. The molecule has 1 saturated carbocycles.